The lowest BCUT2D eigenvalue weighted by atomic mass is 9.96. The van der Waals surface area contributed by atoms with Gasteiger partial charge in [0, 0.05) is 11.4 Å². The van der Waals surface area contributed by atoms with Crippen LogP contribution in [0.1, 0.15) is 24.3 Å². The van der Waals surface area contributed by atoms with E-state index in [1.54, 1.807) is 18.3 Å². The first kappa shape index (κ1) is 18.0. The molecule has 23 heavy (non-hydrogen) atoms. The van der Waals surface area contributed by atoms with Crippen molar-refractivity contribution in [1.82, 2.24) is 10.6 Å². The van der Waals surface area contributed by atoms with Crippen LogP contribution < -0.4 is 10.6 Å². The van der Waals surface area contributed by atoms with Crippen molar-refractivity contribution in [3.63, 3.8) is 0 Å². The molecule has 0 bridgehead atoms. The zero-order chi connectivity index (χ0) is 16.7. The van der Waals surface area contributed by atoms with Crippen LogP contribution in [0.15, 0.2) is 51.2 Å². The lowest BCUT2D eigenvalue weighted by Crippen LogP contribution is -2.44. The Hall–Kier alpha value is -1.37. The van der Waals surface area contributed by atoms with Crippen LogP contribution in [0.25, 0.3) is 0 Å². The Morgan fingerprint density at radius 1 is 1.22 bits per heavy atom. The standard InChI is InChI=1S/C17H22BrN3OS/c1-3-19-16(20-11-14-9-10-15(18)23-14)21-12-17(2,22)13-7-5-4-6-8-13/h4-10,22H,3,11-12H2,1-2H3,(H2,19,20,21). The lowest BCUT2D eigenvalue weighted by molar-refractivity contribution is 0.0617. The predicted molar refractivity (Wildman–Crippen MR) is 101 cm³/mol. The van der Waals surface area contributed by atoms with Crippen molar-refractivity contribution in [3.05, 3.63) is 56.7 Å². The summed E-state index contributed by atoms with van der Waals surface area (Å²) in [5, 5.41) is 17.1. The minimum atomic E-state index is -0.955. The molecule has 0 saturated carbocycles. The smallest absolute Gasteiger partial charge is 0.191 e. The molecule has 2 aromatic rings. The molecule has 1 unspecified atom stereocenters. The summed E-state index contributed by atoms with van der Waals surface area (Å²) in [5.74, 6) is 0.702. The fraction of sp³-hybridized carbons (Fsp3) is 0.353. The molecule has 0 fully saturated rings. The van der Waals surface area contributed by atoms with Crippen LogP contribution in [-0.2, 0) is 12.1 Å². The number of benzene rings is 1. The van der Waals surface area contributed by atoms with Gasteiger partial charge in [0.1, 0.15) is 5.60 Å². The van der Waals surface area contributed by atoms with Gasteiger partial charge in [-0.25, -0.2) is 4.99 Å². The van der Waals surface area contributed by atoms with E-state index in [1.165, 1.54) is 4.88 Å². The van der Waals surface area contributed by atoms with Crippen molar-refractivity contribution >= 4 is 33.2 Å². The molecule has 0 amide bonds. The van der Waals surface area contributed by atoms with Gasteiger partial charge in [0.25, 0.3) is 0 Å². The van der Waals surface area contributed by atoms with Gasteiger partial charge < -0.3 is 15.7 Å². The molecule has 0 radical (unpaired) electrons. The third kappa shape index (κ3) is 5.64. The molecule has 1 aromatic carbocycles. The fourth-order valence-electron chi connectivity index (χ4n) is 2.09. The fourth-order valence-corrected chi connectivity index (χ4v) is 3.50. The van der Waals surface area contributed by atoms with Crippen LogP contribution in [0.4, 0.5) is 0 Å². The molecule has 0 aliphatic carbocycles. The van der Waals surface area contributed by atoms with Crippen molar-refractivity contribution in [3.8, 4) is 0 Å². The Balaban J connectivity index is 1.98. The average molecular weight is 396 g/mol. The van der Waals surface area contributed by atoms with Crippen molar-refractivity contribution in [2.45, 2.75) is 26.0 Å². The first-order chi connectivity index (χ1) is 11.0. The number of guanidine groups is 1. The number of hydrogen-bond donors (Lipinski definition) is 3. The van der Waals surface area contributed by atoms with E-state index in [1.807, 2.05) is 43.3 Å². The summed E-state index contributed by atoms with van der Waals surface area (Å²) in [7, 11) is 0. The van der Waals surface area contributed by atoms with E-state index < -0.39 is 5.60 Å². The SMILES string of the molecule is CCNC(=NCc1ccc(Br)s1)NCC(C)(O)c1ccccc1. The molecule has 2 rings (SSSR count). The number of nitrogens with zero attached hydrogens (tertiary/aromatic N) is 1. The first-order valence-electron chi connectivity index (χ1n) is 7.55. The summed E-state index contributed by atoms with van der Waals surface area (Å²) in [6, 6.07) is 13.7. The Morgan fingerprint density at radius 3 is 2.57 bits per heavy atom. The van der Waals surface area contributed by atoms with Crippen LogP contribution in [0, 0.1) is 0 Å². The van der Waals surface area contributed by atoms with E-state index >= 15 is 0 Å². The van der Waals surface area contributed by atoms with Gasteiger partial charge in [-0.05, 0) is 47.5 Å². The van der Waals surface area contributed by atoms with Crippen LogP contribution in [-0.4, -0.2) is 24.2 Å². The molecule has 0 spiro atoms. The molecule has 0 aliphatic rings. The minimum absolute atomic E-state index is 0.386. The summed E-state index contributed by atoms with van der Waals surface area (Å²) in [5.41, 5.74) is -0.0748. The van der Waals surface area contributed by atoms with Crippen LogP contribution >= 0.6 is 27.3 Å². The number of aliphatic imine (C=N–C) groups is 1. The molecule has 124 valence electrons. The maximum Gasteiger partial charge on any atom is 0.191 e. The summed E-state index contributed by atoms with van der Waals surface area (Å²) >= 11 is 5.13. The van der Waals surface area contributed by atoms with Gasteiger partial charge in [0.2, 0.25) is 0 Å². The maximum absolute atomic E-state index is 10.6. The Morgan fingerprint density at radius 2 is 1.96 bits per heavy atom. The Kier molecular flexibility index (Phi) is 6.62. The molecule has 1 atom stereocenters. The van der Waals surface area contributed by atoms with Gasteiger partial charge in [-0.2, -0.15) is 0 Å². The second kappa shape index (κ2) is 8.47. The van der Waals surface area contributed by atoms with Crippen LogP contribution in [0.5, 0.6) is 0 Å². The normalized spacial score (nSPS) is 14.3. The highest BCUT2D eigenvalue weighted by Gasteiger charge is 2.22. The average Bonchev–Trinajstić information content (AvgIpc) is 2.96. The largest absolute Gasteiger partial charge is 0.384 e. The van der Waals surface area contributed by atoms with Gasteiger partial charge in [0.15, 0.2) is 5.96 Å². The minimum Gasteiger partial charge on any atom is -0.384 e. The predicted octanol–water partition coefficient (Wildman–Crippen LogP) is 3.47. The summed E-state index contributed by atoms with van der Waals surface area (Å²) < 4.78 is 1.10. The highest BCUT2D eigenvalue weighted by Crippen LogP contribution is 2.22. The topological polar surface area (TPSA) is 56.7 Å². The Labute approximate surface area is 149 Å². The number of rotatable bonds is 6. The zero-order valence-electron chi connectivity index (χ0n) is 13.3. The van der Waals surface area contributed by atoms with Gasteiger partial charge in [-0.3, -0.25) is 0 Å². The number of aliphatic hydroxyl groups is 1. The van der Waals surface area contributed by atoms with Crippen molar-refractivity contribution in [1.29, 1.82) is 0 Å². The summed E-state index contributed by atoms with van der Waals surface area (Å²) in [6.45, 7) is 5.59. The van der Waals surface area contributed by atoms with Crippen molar-refractivity contribution in [2.24, 2.45) is 4.99 Å². The molecule has 1 aromatic heterocycles. The molecular weight excluding hydrogens is 374 g/mol. The zero-order valence-corrected chi connectivity index (χ0v) is 15.7. The highest BCUT2D eigenvalue weighted by molar-refractivity contribution is 9.11. The quantitative estimate of drug-likeness (QED) is 0.518. The molecular formula is C17H22BrN3OS. The second-order valence-electron chi connectivity index (χ2n) is 5.39. The summed E-state index contributed by atoms with van der Waals surface area (Å²) in [6.07, 6.45) is 0. The molecule has 0 aliphatic heterocycles. The van der Waals surface area contributed by atoms with E-state index in [2.05, 4.69) is 37.6 Å². The number of nitrogens with one attached hydrogen (secondary N) is 2. The molecule has 0 saturated heterocycles. The van der Waals surface area contributed by atoms with Gasteiger partial charge in [0.05, 0.1) is 16.9 Å². The molecule has 4 nitrogen and oxygen atoms in total. The molecule has 6 heteroatoms. The summed E-state index contributed by atoms with van der Waals surface area (Å²) in [4.78, 5) is 5.75. The number of halogens is 1. The number of thiophene rings is 1. The first-order valence-corrected chi connectivity index (χ1v) is 9.16. The van der Waals surface area contributed by atoms with E-state index in [-0.39, 0.29) is 0 Å². The van der Waals surface area contributed by atoms with E-state index in [0.29, 0.717) is 19.0 Å². The van der Waals surface area contributed by atoms with Crippen molar-refractivity contribution < 1.29 is 5.11 Å². The lowest BCUT2D eigenvalue weighted by Gasteiger charge is -2.25. The van der Waals surface area contributed by atoms with E-state index in [0.717, 1.165) is 15.9 Å². The van der Waals surface area contributed by atoms with Crippen LogP contribution in [0.2, 0.25) is 0 Å². The maximum atomic E-state index is 10.6. The van der Waals surface area contributed by atoms with Gasteiger partial charge in [-0.15, -0.1) is 11.3 Å². The van der Waals surface area contributed by atoms with Gasteiger partial charge in [-0.1, -0.05) is 30.3 Å². The van der Waals surface area contributed by atoms with Gasteiger partial charge >= 0.3 is 0 Å². The van der Waals surface area contributed by atoms with Crippen LogP contribution in [0.3, 0.4) is 0 Å². The van der Waals surface area contributed by atoms with E-state index in [4.69, 9.17) is 0 Å². The highest BCUT2D eigenvalue weighted by atomic mass is 79.9. The monoisotopic (exact) mass is 395 g/mol. The van der Waals surface area contributed by atoms with Crippen molar-refractivity contribution in [2.75, 3.05) is 13.1 Å². The second-order valence-corrected chi connectivity index (χ2v) is 7.94. The Bertz CT molecular complexity index is 640. The third-order valence-electron chi connectivity index (χ3n) is 3.36. The molecule has 3 N–H and O–H groups in total. The number of hydrogen-bond acceptors (Lipinski definition) is 3. The molecule has 1 heterocycles. The third-order valence-corrected chi connectivity index (χ3v) is 4.97. The van der Waals surface area contributed by atoms with E-state index in [9.17, 15) is 5.11 Å².